The van der Waals surface area contributed by atoms with Crippen LogP contribution in [-0.2, 0) is 4.74 Å². The van der Waals surface area contributed by atoms with Crippen molar-refractivity contribution in [1.82, 2.24) is 0 Å². The standard InChI is InChI=1S/C21H24O5/c1-4-5-13-24-20(22)16-9-8-10-17(14-16)21(23)26-19-12-7-6-11-18(19)25-15(2)3/h6-12,14-15H,4-5,13H2,1-3H3. The molecule has 0 radical (unpaired) electrons. The molecule has 0 amide bonds. The minimum atomic E-state index is -0.562. The van der Waals surface area contributed by atoms with E-state index in [2.05, 4.69) is 0 Å². The Morgan fingerprint density at radius 2 is 1.58 bits per heavy atom. The molecule has 5 nitrogen and oxygen atoms in total. The van der Waals surface area contributed by atoms with Gasteiger partial charge in [0.15, 0.2) is 11.5 Å². The third kappa shape index (κ3) is 5.62. The van der Waals surface area contributed by atoms with Gasteiger partial charge in [-0.05, 0) is 50.6 Å². The van der Waals surface area contributed by atoms with E-state index in [1.54, 1.807) is 36.4 Å². The quantitative estimate of drug-likeness (QED) is 0.391. The zero-order valence-corrected chi connectivity index (χ0v) is 15.4. The van der Waals surface area contributed by atoms with Crippen LogP contribution in [0.1, 0.15) is 54.3 Å². The van der Waals surface area contributed by atoms with Crippen LogP contribution in [0.3, 0.4) is 0 Å². The topological polar surface area (TPSA) is 61.8 Å². The van der Waals surface area contributed by atoms with Gasteiger partial charge < -0.3 is 14.2 Å². The van der Waals surface area contributed by atoms with Crippen LogP contribution >= 0.6 is 0 Å². The fraction of sp³-hybridized carbons (Fsp3) is 0.333. The van der Waals surface area contributed by atoms with Gasteiger partial charge in [0.2, 0.25) is 0 Å². The maximum atomic E-state index is 12.5. The first-order valence-corrected chi connectivity index (χ1v) is 8.76. The lowest BCUT2D eigenvalue weighted by molar-refractivity contribution is 0.0499. The predicted octanol–water partition coefficient (Wildman–Crippen LogP) is 4.65. The zero-order valence-electron chi connectivity index (χ0n) is 15.4. The molecule has 0 saturated heterocycles. The second-order valence-corrected chi connectivity index (χ2v) is 6.07. The molecule has 26 heavy (non-hydrogen) atoms. The van der Waals surface area contributed by atoms with Crippen molar-refractivity contribution in [3.63, 3.8) is 0 Å². The largest absolute Gasteiger partial charge is 0.487 e. The Hall–Kier alpha value is -2.82. The van der Waals surface area contributed by atoms with E-state index in [-0.39, 0.29) is 11.7 Å². The van der Waals surface area contributed by atoms with Crippen LogP contribution in [0.15, 0.2) is 48.5 Å². The van der Waals surface area contributed by atoms with Gasteiger partial charge in [-0.3, -0.25) is 0 Å². The zero-order chi connectivity index (χ0) is 18.9. The molecule has 2 rings (SSSR count). The number of unbranched alkanes of at least 4 members (excludes halogenated alkanes) is 1. The van der Waals surface area contributed by atoms with E-state index in [0.717, 1.165) is 12.8 Å². The highest BCUT2D eigenvalue weighted by Crippen LogP contribution is 2.28. The molecular weight excluding hydrogens is 332 g/mol. The highest BCUT2D eigenvalue weighted by molar-refractivity contribution is 5.96. The molecule has 2 aromatic carbocycles. The Bertz CT molecular complexity index is 752. The molecule has 0 spiro atoms. The molecule has 0 fully saturated rings. The van der Waals surface area contributed by atoms with Crippen LogP contribution in [0.2, 0.25) is 0 Å². The molecule has 0 aliphatic heterocycles. The average Bonchev–Trinajstić information content (AvgIpc) is 2.63. The highest BCUT2D eigenvalue weighted by Gasteiger charge is 2.15. The summed E-state index contributed by atoms with van der Waals surface area (Å²) in [4.78, 5) is 24.5. The monoisotopic (exact) mass is 356 g/mol. The number of hydrogen-bond donors (Lipinski definition) is 0. The summed E-state index contributed by atoms with van der Waals surface area (Å²) in [5, 5.41) is 0. The fourth-order valence-corrected chi connectivity index (χ4v) is 2.21. The van der Waals surface area contributed by atoms with Gasteiger partial charge in [0.25, 0.3) is 0 Å². The summed E-state index contributed by atoms with van der Waals surface area (Å²) >= 11 is 0. The van der Waals surface area contributed by atoms with E-state index in [1.807, 2.05) is 26.8 Å². The summed E-state index contributed by atoms with van der Waals surface area (Å²) in [7, 11) is 0. The minimum Gasteiger partial charge on any atom is -0.487 e. The smallest absolute Gasteiger partial charge is 0.343 e. The van der Waals surface area contributed by atoms with Crippen LogP contribution in [0.25, 0.3) is 0 Å². The Kier molecular flexibility index (Phi) is 7.21. The molecule has 138 valence electrons. The molecule has 0 atom stereocenters. The lowest BCUT2D eigenvalue weighted by Gasteiger charge is -2.14. The Balaban J connectivity index is 2.11. The molecule has 0 bridgehead atoms. The maximum absolute atomic E-state index is 12.5. The van der Waals surface area contributed by atoms with E-state index >= 15 is 0 Å². The normalized spacial score (nSPS) is 10.5. The third-order valence-corrected chi connectivity index (χ3v) is 3.48. The van der Waals surface area contributed by atoms with Crippen LogP contribution < -0.4 is 9.47 Å². The van der Waals surface area contributed by atoms with Crippen LogP contribution in [-0.4, -0.2) is 24.6 Å². The van der Waals surface area contributed by atoms with E-state index < -0.39 is 11.9 Å². The molecule has 0 aliphatic rings. The van der Waals surface area contributed by atoms with E-state index in [9.17, 15) is 9.59 Å². The lowest BCUT2D eigenvalue weighted by atomic mass is 10.1. The number of ether oxygens (including phenoxy) is 3. The van der Waals surface area contributed by atoms with Gasteiger partial charge in [-0.15, -0.1) is 0 Å². The van der Waals surface area contributed by atoms with Crippen molar-refractivity contribution >= 4 is 11.9 Å². The first-order valence-electron chi connectivity index (χ1n) is 8.76. The first-order chi connectivity index (χ1) is 12.5. The second-order valence-electron chi connectivity index (χ2n) is 6.07. The van der Waals surface area contributed by atoms with Crippen molar-refractivity contribution in [2.24, 2.45) is 0 Å². The van der Waals surface area contributed by atoms with Gasteiger partial charge in [-0.1, -0.05) is 31.5 Å². The number of carbonyl (C=O) groups is 2. The fourth-order valence-electron chi connectivity index (χ4n) is 2.21. The molecule has 0 aromatic heterocycles. The summed E-state index contributed by atoms with van der Waals surface area (Å²) in [5.74, 6) is -0.183. The molecule has 5 heteroatoms. The number of esters is 2. The minimum absolute atomic E-state index is 0.0453. The van der Waals surface area contributed by atoms with Crippen molar-refractivity contribution in [3.05, 3.63) is 59.7 Å². The van der Waals surface area contributed by atoms with Gasteiger partial charge >= 0.3 is 11.9 Å². The van der Waals surface area contributed by atoms with E-state index in [4.69, 9.17) is 14.2 Å². The molecule has 2 aromatic rings. The van der Waals surface area contributed by atoms with Gasteiger partial charge in [0, 0.05) is 0 Å². The summed E-state index contributed by atoms with van der Waals surface area (Å²) in [6.45, 7) is 6.17. The summed E-state index contributed by atoms with van der Waals surface area (Å²) in [6, 6.07) is 13.3. The van der Waals surface area contributed by atoms with Crippen molar-refractivity contribution in [2.75, 3.05) is 6.61 Å². The van der Waals surface area contributed by atoms with Crippen LogP contribution in [0.5, 0.6) is 11.5 Å². The van der Waals surface area contributed by atoms with Crippen molar-refractivity contribution < 1.29 is 23.8 Å². The van der Waals surface area contributed by atoms with Crippen LogP contribution in [0, 0.1) is 0 Å². The Morgan fingerprint density at radius 1 is 0.923 bits per heavy atom. The van der Waals surface area contributed by atoms with Gasteiger partial charge in [0.1, 0.15) is 0 Å². The molecule has 0 heterocycles. The predicted molar refractivity (Wildman–Crippen MR) is 98.8 cm³/mol. The SMILES string of the molecule is CCCCOC(=O)c1cccc(C(=O)Oc2ccccc2OC(C)C)c1. The Morgan fingerprint density at radius 3 is 2.23 bits per heavy atom. The van der Waals surface area contributed by atoms with E-state index in [1.165, 1.54) is 6.07 Å². The number of benzene rings is 2. The second kappa shape index (κ2) is 9.61. The number of para-hydroxylation sites is 2. The Labute approximate surface area is 153 Å². The molecule has 0 N–H and O–H groups in total. The first kappa shape index (κ1) is 19.5. The van der Waals surface area contributed by atoms with E-state index in [0.29, 0.717) is 23.7 Å². The molecule has 0 unspecified atom stereocenters. The summed E-state index contributed by atoms with van der Waals surface area (Å²) in [6.07, 6.45) is 1.70. The molecular formula is C21H24O5. The average molecular weight is 356 g/mol. The summed E-state index contributed by atoms with van der Waals surface area (Å²) < 4.78 is 16.3. The van der Waals surface area contributed by atoms with Crippen LogP contribution in [0.4, 0.5) is 0 Å². The van der Waals surface area contributed by atoms with Gasteiger partial charge in [0.05, 0.1) is 23.8 Å². The molecule has 0 aliphatic carbocycles. The number of hydrogen-bond acceptors (Lipinski definition) is 5. The summed E-state index contributed by atoms with van der Waals surface area (Å²) in [5.41, 5.74) is 0.594. The number of carbonyl (C=O) groups excluding carboxylic acids is 2. The van der Waals surface area contributed by atoms with Crippen molar-refractivity contribution in [2.45, 2.75) is 39.7 Å². The number of rotatable bonds is 8. The molecule has 0 saturated carbocycles. The highest BCUT2D eigenvalue weighted by atomic mass is 16.6. The van der Waals surface area contributed by atoms with Gasteiger partial charge in [-0.2, -0.15) is 0 Å². The third-order valence-electron chi connectivity index (χ3n) is 3.48. The van der Waals surface area contributed by atoms with Crippen molar-refractivity contribution in [1.29, 1.82) is 0 Å². The van der Waals surface area contributed by atoms with Gasteiger partial charge in [-0.25, -0.2) is 9.59 Å². The maximum Gasteiger partial charge on any atom is 0.343 e. The van der Waals surface area contributed by atoms with Crippen molar-refractivity contribution in [3.8, 4) is 11.5 Å². The lowest BCUT2D eigenvalue weighted by Crippen LogP contribution is -2.13.